The summed E-state index contributed by atoms with van der Waals surface area (Å²) < 4.78 is 17.0. The van der Waals surface area contributed by atoms with E-state index in [1.165, 1.54) is 18.3 Å². The summed E-state index contributed by atoms with van der Waals surface area (Å²) in [5.74, 6) is -0.747. The number of pyridine rings is 1. The van der Waals surface area contributed by atoms with Crippen LogP contribution >= 0.6 is 46.4 Å². The van der Waals surface area contributed by atoms with Gasteiger partial charge in [0.05, 0.1) is 55.8 Å². The Kier molecular flexibility index (Phi) is 9.52. The number of aromatic nitrogens is 4. The molecule has 0 radical (unpaired) electrons. The lowest BCUT2D eigenvalue weighted by Crippen LogP contribution is -2.46. The first-order valence-electron chi connectivity index (χ1n) is 15.0. The van der Waals surface area contributed by atoms with Gasteiger partial charge in [-0.2, -0.15) is 5.26 Å². The van der Waals surface area contributed by atoms with Gasteiger partial charge in [-0.25, -0.2) is 9.07 Å². The summed E-state index contributed by atoms with van der Waals surface area (Å²) >= 11 is 25.1. The second kappa shape index (κ2) is 13.5. The number of hydrogen-bond acceptors (Lipinski definition) is 7. The van der Waals surface area contributed by atoms with Crippen LogP contribution in [0.5, 0.6) is 0 Å². The van der Waals surface area contributed by atoms with Crippen molar-refractivity contribution in [3.05, 3.63) is 104 Å². The number of benzene rings is 3. The number of hydrogen-bond donors (Lipinski definition) is 2. The number of nitrogens with zero attached hydrogens (tertiary/aromatic N) is 6. The van der Waals surface area contributed by atoms with E-state index in [1.54, 1.807) is 6.07 Å². The highest BCUT2D eigenvalue weighted by atomic mass is 35.5. The number of anilines is 3. The predicted octanol–water partition coefficient (Wildman–Crippen LogP) is 9.83. The van der Waals surface area contributed by atoms with Crippen LogP contribution < -0.4 is 10.6 Å². The molecule has 1 aliphatic rings. The van der Waals surface area contributed by atoms with Crippen LogP contribution in [0.1, 0.15) is 62.5 Å². The SMILES string of the molecule is CC(C)(C)N1CCC(n2cc(C(Nc3cc(Cl)c4ncc(C#N)c(Nc5ccc(Cl)c(Cl)c5F)c4c3)c3ccc(Cl)cc3)nn2)CC1. The molecule has 0 saturated carbocycles. The zero-order valence-electron chi connectivity index (χ0n) is 25.8. The van der Waals surface area contributed by atoms with Crippen molar-refractivity contribution in [3.8, 4) is 6.07 Å². The average molecular weight is 712 g/mol. The molecule has 1 atom stereocenters. The molecule has 47 heavy (non-hydrogen) atoms. The van der Waals surface area contributed by atoms with E-state index in [4.69, 9.17) is 46.4 Å². The molecular weight excluding hydrogens is 681 g/mol. The fraction of sp³-hybridized carbons (Fsp3) is 0.294. The minimum atomic E-state index is -0.747. The Morgan fingerprint density at radius 1 is 1.00 bits per heavy atom. The second-order valence-corrected chi connectivity index (χ2v) is 14.1. The monoisotopic (exact) mass is 710 g/mol. The average Bonchev–Trinajstić information content (AvgIpc) is 3.54. The largest absolute Gasteiger partial charge is 0.373 e. The summed E-state index contributed by atoms with van der Waals surface area (Å²) in [6.45, 7) is 8.69. The Morgan fingerprint density at radius 3 is 2.40 bits per heavy atom. The molecule has 2 N–H and O–H groups in total. The van der Waals surface area contributed by atoms with Gasteiger partial charge in [-0.15, -0.1) is 5.10 Å². The van der Waals surface area contributed by atoms with Crippen LogP contribution in [0.15, 0.2) is 60.9 Å². The van der Waals surface area contributed by atoms with Crippen LogP contribution in [0, 0.1) is 17.1 Å². The summed E-state index contributed by atoms with van der Waals surface area (Å²) in [6, 6.07) is 15.9. The highest BCUT2D eigenvalue weighted by Crippen LogP contribution is 2.39. The van der Waals surface area contributed by atoms with Crippen molar-refractivity contribution in [2.24, 2.45) is 0 Å². The van der Waals surface area contributed by atoms with Crippen molar-refractivity contribution in [3.63, 3.8) is 0 Å². The van der Waals surface area contributed by atoms with Crippen LogP contribution in [0.2, 0.25) is 20.1 Å². The van der Waals surface area contributed by atoms with Gasteiger partial charge >= 0.3 is 0 Å². The van der Waals surface area contributed by atoms with E-state index in [2.05, 4.69) is 57.7 Å². The Hall–Kier alpha value is -3.65. The third-order valence-corrected chi connectivity index (χ3v) is 9.79. The third kappa shape index (κ3) is 6.99. The second-order valence-electron chi connectivity index (χ2n) is 12.5. The Bertz CT molecular complexity index is 1980. The van der Waals surface area contributed by atoms with Crippen molar-refractivity contribution < 1.29 is 4.39 Å². The van der Waals surface area contributed by atoms with E-state index in [-0.39, 0.29) is 32.9 Å². The molecule has 0 spiro atoms. The van der Waals surface area contributed by atoms with E-state index in [9.17, 15) is 5.26 Å². The lowest BCUT2D eigenvalue weighted by molar-refractivity contribution is 0.0866. The van der Waals surface area contributed by atoms with Crippen LogP contribution in [-0.4, -0.2) is 43.5 Å². The first kappa shape index (κ1) is 33.3. The molecule has 1 saturated heterocycles. The van der Waals surface area contributed by atoms with Crippen LogP contribution in [0.3, 0.4) is 0 Å². The lowest BCUT2D eigenvalue weighted by Gasteiger charge is -2.40. The molecule has 3 heterocycles. The first-order chi connectivity index (χ1) is 22.4. The predicted molar refractivity (Wildman–Crippen MR) is 188 cm³/mol. The molecule has 1 aliphatic heterocycles. The van der Waals surface area contributed by atoms with Gasteiger partial charge < -0.3 is 10.6 Å². The maximum absolute atomic E-state index is 15.1. The number of piperidine rings is 1. The smallest absolute Gasteiger partial charge is 0.166 e. The molecule has 3 aromatic carbocycles. The number of likely N-dealkylation sites (tertiary alicyclic amines) is 1. The lowest BCUT2D eigenvalue weighted by atomic mass is 9.98. The highest BCUT2D eigenvalue weighted by Gasteiger charge is 2.29. The zero-order chi connectivity index (χ0) is 33.5. The van der Waals surface area contributed by atoms with E-state index in [0.717, 1.165) is 31.5 Å². The van der Waals surface area contributed by atoms with Crippen molar-refractivity contribution in [1.82, 2.24) is 24.9 Å². The van der Waals surface area contributed by atoms with Crippen LogP contribution in [-0.2, 0) is 0 Å². The normalized spacial score (nSPS) is 15.0. The van der Waals surface area contributed by atoms with Crippen molar-refractivity contribution in [1.29, 1.82) is 5.26 Å². The molecule has 1 fully saturated rings. The molecule has 6 rings (SSSR count). The van der Waals surface area contributed by atoms with Crippen molar-refractivity contribution in [2.75, 3.05) is 23.7 Å². The van der Waals surface area contributed by atoms with Gasteiger partial charge in [-0.05, 0) is 75.6 Å². The van der Waals surface area contributed by atoms with Crippen molar-refractivity contribution in [2.45, 2.75) is 51.2 Å². The minimum Gasteiger partial charge on any atom is -0.373 e. The van der Waals surface area contributed by atoms with E-state index in [0.29, 0.717) is 38.0 Å². The molecular formula is C34H31Cl4FN8. The van der Waals surface area contributed by atoms with Gasteiger partial charge in [0.25, 0.3) is 0 Å². The van der Waals surface area contributed by atoms with Crippen LogP contribution in [0.25, 0.3) is 10.9 Å². The number of fused-ring (bicyclic) bond motifs is 1. The molecule has 0 bridgehead atoms. The summed E-state index contributed by atoms with van der Waals surface area (Å²) in [5, 5.41) is 27.0. The fourth-order valence-corrected chi connectivity index (χ4v) is 6.58. The number of nitrogens with one attached hydrogen (secondary N) is 2. The first-order valence-corrected chi connectivity index (χ1v) is 16.6. The maximum atomic E-state index is 15.1. The summed E-state index contributed by atoms with van der Waals surface area (Å²) in [5.41, 5.74) is 3.32. The minimum absolute atomic E-state index is 0.0434. The zero-order valence-corrected chi connectivity index (χ0v) is 28.9. The van der Waals surface area contributed by atoms with Gasteiger partial charge in [0, 0.05) is 40.9 Å². The standard InChI is InChI=1S/C34H31Cl4FN8/c1-34(2,3)46-12-10-23(11-13-46)47-18-28(44-45-47)32(19-4-6-21(35)7-5-19)42-22-14-24-31(20(16-40)17-41-33(24)26(37)15-22)43-27-9-8-25(36)29(38)30(27)39/h4-9,14-15,17-18,23,32,42H,10-13H2,1-3H3,(H,41,43). The molecule has 0 aliphatic carbocycles. The summed E-state index contributed by atoms with van der Waals surface area (Å²) in [6.07, 6.45) is 5.33. The van der Waals surface area contributed by atoms with E-state index < -0.39 is 11.9 Å². The summed E-state index contributed by atoms with van der Waals surface area (Å²) in [7, 11) is 0. The Labute approximate surface area is 292 Å². The van der Waals surface area contributed by atoms with Crippen LogP contribution in [0.4, 0.5) is 21.5 Å². The number of rotatable bonds is 7. The van der Waals surface area contributed by atoms with Crippen molar-refractivity contribution >= 4 is 74.4 Å². The number of nitriles is 1. The molecule has 13 heteroatoms. The van der Waals surface area contributed by atoms with Gasteiger partial charge in [-0.1, -0.05) is 63.7 Å². The fourth-order valence-electron chi connectivity index (χ4n) is 5.87. The maximum Gasteiger partial charge on any atom is 0.166 e. The van der Waals surface area contributed by atoms with Gasteiger partial charge in [0.15, 0.2) is 5.82 Å². The Morgan fingerprint density at radius 2 is 1.72 bits per heavy atom. The number of halogens is 5. The molecule has 242 valence electrons. The third-order valence-electron chi connectivity index (χ3n) is 8.47. The molecule has 8 nitrogen and oxygen atoms in total. The highest BCUT2D eigenvalue weighted by molar-refractivity contribution is 6.42. The quantitative estimate of drug-likeness (QED) is 0.162. The van der Waals surface area contributed by atoms with E-state index >= 15 is 4.39 Å². The van der Waals surface area contributed by atoms with Gasteiger partial charge in [0.2, 0.25) is 0 Å². The Balaban J connectivity index is 1.37. The molecule has 5 aromatic rings. The van der Waals surface area contributed by atoms with Gasteiger partial charge in [0.1, 0.15) is 11.8 Å². The molecule has 0 amide bonds. The van der Waals surface area contributed by atoms with Gasteiger partial charge in [-0.3, -0.25) is 9.88 Å². The topological polar surface area (TPSA) is 94.7 Å². The molecule has 2 aromatic heterocycles. The molecule has 1 unspecified atom stereocenters. The van der Waals surface area contributed by atoms with E-state index in [1.807, 2.05) is 41.2 Å². The summed E-state index contributed by atoms with van der Waals surface area (Å²) in [4.78, 5) is 6.92.